The van der Waals surface area contributed by atoms with E-state index in [2.05, 4.69) is 4.98 Å². The Hall–Kier alpha value is -1.58. The molecule has 1 aromatic carbocycles. The van der Waals surface area contributed by atoms with E-state index >= 15 is 0 Å². The third-order valence-electron chi connectivity index (χ3n) is 2.85. The fourth-order valence-electron chi connectivity index (χ4n) is 1.91. The van der Waals surface area contributed by atoms with Crippen LogP contribution >= 0.6 is 23.2 Å². The van der Waals surface area contributed by atoms with Crippen molar-refractivity contribution in [2.24, 2.45) is 0 Å². The molecular weight excluding hydrogens is 309 g/mol. The molecule has 0 aliphatic carbocycles. The van der Waals surface area contributed by atoms with Crippen molar-refractivity contribution in [3.8, 4) is 0 Å². The monoisotopic (exact) mass is 323 g/mol. The molecule has 0 bridgehead atoms. The third kappa shape index (κ3) is 4.73. The van der Waals surface area contributed by atoms with Gasteiger partial charge in [-0.2, -0.15) is 0 Å². The first-order chi connectivity index (χ1) is 10.1. The van der Waals surface area contributed by atoms with Crippen LogP contribution in [0.1, 0.15) is 35.0 Å². The molecule has 0 spiro atoms. The summed E-state index contributed by atoms with van der Waals surface area (Å²) in [6.07, 6.45) is 1.71. The number of benzene rings is 1. The summed E-state index contributed by atoms with van der Waals surface area (Å²) in [5, 5.41) is 0.913. The Morgan fingerprint density at radius 3 is 2.76 bits per heavy atom. The molecule has 5 heteroatoms. The van der Waals surface area contributed by atoms with Crippen molar-refractivity contribution in [3.63, 3.8) is 0 Å². The third-order valence-corrected chi connectivity index (χ3v) is 3.28. The van der Waals surface area contributed by atoms with E-state index in [1.165, 1.54) is 6.07 Å². The van der Waals surface area contributed by atoms with Gasteiger partial charge in [0.25, 0.3) is 0 Å². The zero-order chi connectivity index (χ0) is 15.2. The normalized spacial score (nSPS) is 10.4. The molecule has 0 unspecified atom stereocenters. The van der Waals surface area contributed by atoms with Crippen LogP contribution in [0.2, 0.25) is 10.2 Å². The molecule has 0 saturated carbocycles. The number of aromatic nitrogens is 1. The number of aryl methyl sites for hydroxylation is 1. The van der Waals surface area contributed by atoms with E-state index < -0.39 is 5.97 Å². The van der Waals surface area contributed by atoms with Crippen LogP contribution in [0.4, 0.5) is 0 Å². The largest absolute Gasteiger partial charge is 0.457 e. The van der Waals surface area contributed by atoms with Gasteiger partial charge in [-0.3, -0.25) is 0 Å². The number of esters is 1. The molecule has 0 radical (unpaired) electrons. The van der Waals surface area contributed by atoms with Crippen molar-refractivity contribution in [3.05, 3.63) is 63.4 Å². The summed E-state index contributed by atoms with van der Waals surface area (Å²) in [6, 6.07) is 10.4. The van der Waals surface area contributed by atoms with Crippen molar-refractivity contribution in [1.82, 2.24) is 4.98 Å². The number of pyridine rings is 1. The number of hydrogen-bond donors (Lipinski definition) is 0. The molecule has 0 aliphatic rings. The quantitative estimate of drug-likeness (QED) is 0.591. The van der Waals surface area contributed by atoms with Gasteiger partial charge in [0.15, 0.2) is 0 Å². The Morgan fingerprint density at radius 2 is 2.05 bits per heavy atom. The van der Waals surface area contributed by atoms with Gasteiger partial charge < -0.3 is 4.74 Å². The van der Waals surface area contributed by atoms with Gasteiger partial charge in [-0.1, -0.05) is 48.7 Å². The number of carbonyl (C=O) groups is 1. The molecule has 3 nitrogen and oxygen atoms in total. The fraction of sp³-hybridized carbons (Fsp3) is 0.250. The second-order valence-corrected chi connectivity index (χ2v) is 5.45. The molecule has 21 heavy (non-hydrogen) atoms. The molecule has 2 rings (SSSR count). The molecular formula is C16H15Cl2NO2. The molecule has 0 fully saturated rings. The number of rotatable bonds is 5. The number of carbonyl (C=O) groups excluding carboxylic acids is 1. The predicted molar refractivity (Wildman–Crippen MR) is 83.8 cm³/mol. The van der Waals surface area contributed by atoms with Gasteiger partial charge in [0.05, 0.1) is 5.56 Å². The zero-order valence-corrected chi connectivity index (χ0v) is 13.1. The lowest BCUT2D eigenvalue weighted by Crippen LogP contribution is -2.07. The highest BCUT2D eigenvalue weighted by atomic mass is 35.5. The van der Waals surface area contributed by atoms with Crippen LogP contribution in [-0.4, -0.2) is 11.0 Å². The van der Waals surface area contributed by atoms with Crippen LogP contribution < -0.4 is 0 Å². The molecule has 0 N–H and O–H groups in total. The number of hydrogen-bond acceptors (Lipinski definition) is 3. The maximum atomic E-state index is 12.1. The highest BCUT2D eigenvalue weighted by Gasteiger charge is 2.11. The minimum absolute atomic E-state index is 0.169. The highest BCUT2D eigenvalue weighted by Crippen LogP contribution is 2.15. The van der Waals surface area contributed by atoms with Gasteiger partial charge in [-0.05, 0) is 36.2 Å². The van der Waals surface area contributed by atoms with Crippen LogP contribution in [0, 0.1) is 0 Å². The second-order valence-electron chi connectivity index (χ2n) is 4.63. The Balaban J connectivity index is 2.06. The molecule has 110 valence electrons. The van der Waals surface area contributed by atoms with Crippen molar-refractivity contribution in [2.45, 2.75) is 26.4 Å². The van der Waals surface area contributed by atoms with E-state index in [1.54, 1.807) is 18.2 Å². The molecule has 0 amide bonds. The van der Waals surface area contributed by atoms with E-state index in [9.17, 15) is 4.79 Å². The van der Waals surface area contributed by atoms with E-state index in [4.69, 9.17) is 27.9 Å². The fourth-order valence-corrected chi connectivity index (χ4v) is 2.35. The summed E-state index contributed by atoms with van der Waals surface area (Å²) in [4.78, 5) is 16.2. The average molecular weight is 324 g/mol. The Kier molecular flexibility index (Phi) is 5.59. The molecule has 1 aromatic heterocycles. The van der Waals surface area contributed by atoms with Crippen LogP contribution in [-0.2, 0) is 17.8 Å². The topological polar surface area (TPSA) is 39.2 Å². The molecule has 0 aliphatic heterocycles. The van der Waals surface area contributed by atoms with Crippen LogP contribution in [0.25, 0.3) is 0 Å². The number of ether oxygens (including phenoxy) is 1. The SMILES string of the molecule is CCCc1cc(C(=O)OCc2cccc(Cl)c2)cc(Cl)n1. The van der Waals surface area contributed by atoms with Gasteiger partial charge in [-0.25, -0.2) is 9.78 Å². The highest BCUT2D eigenvalue weighted by molar-refractivity contribution is 6.30. The summed E-state index contributed by atoms with van der Waals surface area (Å²) in [6.45, 7) is 2.21. The second kappa shape index (κ2) is 7.43. The van der Waals surface area contributed by atoms with Crippen molar-refractivity contribution >= 4 is 29.2 Å². The Morgan fingerprint density at radius 1 is 1.24 bits per heavy atom. The average Bonchev–Trinajstić information content (AvgIpc) is 2.44. The number of halogens is 2. The van der Waals surface area contributed by atoms with Crippen LogP contribution in [0.3, 0.4) is 0 Å². The van der Waals surface area contributed by atoms with Gasteiger partial charge in [-0.15, -0.1) is 0 Å². The first-order valence-electron chi connectivity index (χ1n) is 6.66. The van der Waals surface area contributed by atoms with E-state index in [-0.39, 0.29) is 6.61 Å². The van der Waals surface area contributed by atoms with E-state index in [1.807, 2.05) is 19.1 Å². The molecule has 1 heterocycles. The molecule has 0 saturated heterocycles. The van der Waals surface area contributed by atoms with Crippen molar-refractivity contribution < 1.29 is 9.53 Å². The maximum absolute atomic E-state index is 12.1. The lowest BCUT2D eigenvalue weighted by Gasteiger charge is -2.07. The summed E-state index contributed by atoms with van der Waals surface area (Å²) < 4.78 is 5.27. The van der Waals surface area contributed by atoms with E-state index in [0.29, 0.717) is 15.7 Å². The molecule has 0 atom stereocenters. The zero-order valence-electron chi connectivity index (χ0n) is 11.6. The summed E-state index contributed by atoms with van der Waals surface area (Å²) in [5.41, 5.74) is 2.05. The van der Waals surface area contributed by atoms with Gasteiger partial charge >= 0.3 is 5.97 Å². The predicted octanol–water partition coefficient (Wildman–Crippen LogP) is 4.70. The minimum Gasteiger partial charge on any atom is -0.457 e. The lowest BCUT2D eigenvalue weighted by molar-refractivity contribution is 0.0472. The first kappa shape index (κ1) is 15.8. The van der Waals surface area contributed by atoms with Gasteiger partial charge in [0, 0.05) is 10.7 Å². The van der Waals surface area contributed by atoms with Crippen molar-refractivity contribution in [2.75, 3.05) is 0 Å². The number of nitrogens with zero attached hydrogens (tertiary/aromatic N) is 1. The minimum atomic E-state index is -0.420. The van der Waals surface area contributed by atoms with Gasteiger partial charge in [0.2, 0.25) is 0 Å². The summed E-state index contributed by atoms with van der Waals surface area (Å²) >= 11 is 11.8. The Bertz CT molecular complexity index is 644. The van der Waals surface area contributed by atoms with Crippen LogP contribution in [0.5, 0.6) is 0 Å². The Labute approximate surface area is 133 Å². The standard InChI is InChI=1S/C16H15Cl2NO2/c1-2-4-14-8-12(9-15(18)19-14)16(20)21-10-11-5-3-6-13(17)7-11/h3,5-9H,2,4,10H2,1H3. The lowest BCUT2D eigenvalue weighted by atomic mass is 10.1. The van der Waals surface area contributed by atoms with Gasteiger partial charge in [0.1, 0.15) is 11.8 Å². The smallest absolute Gasteiger partial charge is 0.338 e. The van der Waals surface area contributed by atoms with E-state index in [0.717, 1.165) is 24.1 Å². The molecule has 2 aromatic rings. The maximum Gasteiger partial charge on any atom is 0.338 e. The van der Waals surface area contributed by atoms with Crippen LogP contribution in [0.15, 0.2) is 36.4 Å². The van der Waals surface area contributed by atoms with Crippen molar-refractivity contribution in [1.29, 1.82) is 0 Å². The summed E-state index contributed by atoms with van der Waals surface area (Å²) in [5.74, 6) is -0.420. The summed E-state index contributed by atoms with van der Waals surface area (Å²) in [7, 11) is 0. The first-order valence-corrected chi connectivity index (χ1v) is 7.42.